The number of amides is 2. The molecule has 0 radical (unpaired) electrons. The maximum atomic E-state index is 15.1. The number of halogens is 2. The molecule has 190 valence electrons. The highest BCUT2D eigenvalue weighted by Crippen LogP contribution is 2.37. The number of hydrogen-bond acceptors (Lipinski definition) is 5. The molecular formula is C25H39F2N5O2. The number of aromatic nitrogens is 1. The van der Waals surface area contributed by atoms with Crippen molar-refractivity contribution in [3.05, 3.63) is 24.4 Å². The van der Waals surface area contributed by atoms with Crippen molar-refractivity contribution in [2.75, 3.05) is 39.3 Å². The molecule has 7 nitrogen and oxygen atoms in total. The summed E-state index contributed by atoms with van der Waals surface area (Å²) in [4.78, 5) is 23.5. The largest absolute Gasteiger partial charge is 0.471 e. The van der Waals surface area contributed by atoms with Gasteiger partial charge in [0, 0.05) is 82.9 Å². The van der Waals surface area contributed by atoms with Crippen LogP contribution in [-0.2, 0) is 0 Å². The minimum Gasteiger partial charge on any atom is -0.471 e. The molecule has 3 fully saturated rings. The quantitative estimate of drug-likeness (QED) is 0.699. The topological polar surface area (TPSA) is 60.9 Å². The van der Waals surface area contributed by atoms with Crippen LogP contribution in [0, 0.1) is 0 Å². The molecule has 0 bridgehead atoms. The van der Waals surface area contributed by atoms with Gasteiger partial charge in [0.25, 0.3) is 5.92 Å². The van der Waals surface area contributed by atoms with Crippen LogP contribution in [0.1, 0.15) is 52.9 Å². The minimum atomic E-state index is -2.90. The lowest BCUT2D eigenvalue weighted by Gasteiger charge is -2.48. The Morgan fingerprint density at radius 1 is 1.12 bits per heavy atom. The Balaban J connectivity index is 1.35. The molecule has 1 aliphatic carbocycles. The van der Waals surface area contributed by atoms with Crippen molar-refractivity contribution in [2.24, 2.45) is 0 Å². The number of urea groups is 1. The van der Waals surface area contributed by atoms with Crippen LogP contribution in [0.25, 0.3) is 0 Å². The minimum absolute atomic E-state index is 0.170. The van der Waals surface area contributed by atoms with Gasteiger partial charge in [-0.3, -0.25) is 9.80 Å². The van der Waals surface area contributed by atoms with E-state index in [2.05, 4.69) is 33.9 Å². The van der Waals surface area contributed by atoms with Gasteiger partial charge in [-0.25, -0.2) is 18.6 Å². The third kappa shape index (κ3) is 5.79. The number of carbonyl (C=O) groups excluding carboxylic acids is 1. The zero-order valence-electron chi connectivity index (χ0n) is 20.7. The first-order valence-electron chi connectivity index (χ1n) is 12.7. The monoisotopic (exact) mass is 479 g/mol. The number of carbonyl (C=O) groups is 1. The molecule has 0 aromatic carbocycles. The number of pyridine rings is 1. The molecule has 1 unspecified atom stereocenters. The lowest BCUT2D eigenvalue weighted by atomic mass is 9.85. The van der Waals surface area contributed by atoms with Crippen molar-refractivity contribution in [1.29, 1.82) is 0 Å². The van der Waals surface area contributed by atoms with E-state index in [1.165, 1.54) is 0 Å². The number of hydrogen-bond donors (Lipinski definition) is 1. The molecule has 4 rings (SSSR count). The van der Waals surface area contributed by atoms with Crippen LogP contribution in [0.2, 0.25) is 0 Å². The third-order valence-corrected chi connectivity index (χ3v) is 7.77. The highest BCUT2D eigenvalue weighted by Gasteiger charge is 2.50. The van der Waals surface area contributed by atoms with Crippen molar-refractivity contribution < 1.29 is 18.3 Å². The van der Waals surface area contributed by atoms with Crippen molar-refractivity contribution >= 4 is 6.03 Å². The fourth-order valence-electron chi connectivity index (χ4n) is 5.50. The summed E-state index contributed by atoms with van der Waals surface area (Å²) < 4.78 is 36.2. The number of piperazine rings is 1. The van der Waals surface area contributed by atoms with E-state index in [9.17, 15) is 4.79 Å². The molecule has 9 heteroatoms. The van der Waals surface area contributed by atoms with E-state index in [1.54, 1.807) is 11.1 Å². The molecule has 1 saturated carbocycles. The number of nitrogens with zero attached hydrogens (tertiary/aromatic N) is 4. The summed E-state index contributed by atoms with van der Waals surface area (Å²) in [5, 5.41) is 2.77. The first-order valence-corrected chi connectivity index (χ1v) is 12.7. The fraction of sp³-hybridized carbons (Fsp3) is 0.760. The molecule has 2 amide bonds. The summed E-state index contributed by atoms with van der Waals surface area (Å²) in [7, 11) is 0. The average molecular weight is 480 g/mol. The molecule has 1 aromatic rings. The van der Waals surface area contributed by atoms with Gasteiger partial charge in [0.1, 0.15) is 11.6 Å². The molecular weight excluding hydrogens is 440 g/mol. The highest BCUT2D eigenvalue weighted by molar-refractivity contribution is 5.75. The number of piperidine rings is 1. The predicted molar refractivity (Wildman–Crippen MR) is 127 cm³/mol. The Hall–Kier alpha value is -2.00. The number of nitrogens with one attached hydrogen (secondary N) is 1. The van der Waals surface area contributed by atoms with E-state index in [4.69, 9.17) is 4.74 Å². The third-order valence-electron chi connectivity index (χ3n) is 7.77. The summed E-state index contributed by atoms with van der Waals surface area (Å²) in [6.07, 6.45) is 3.94. The number of alkyl halides is 2. The van der Waals surface area contributed by atoms with Crippen molar-refractivity contribution in [3.63, 3.8) is 0 Å². The lowest BCUT2D eigenvalue weighted by molar-refractivity contribution is -0.0976. The van der Waals surface area contributed by atoms with Gasteiger partial charge in [-0.05, 0) is 39.7 Å². The SMILES string of the molecule is CC(C)N1CCN([C@H]2CCCC(F)(F)C2NC(=O)N2CCC(C)(Oc3ccccn3)CC2)CC1. The standard InChI is InChI=1S/C25H39F2N5O2/c1-19(2)30-15-17-31(18-16-30)20-7-6-9-25(26,27)22(20)29-23(33)32-13-10-24(3,11-14-32)34-21-8-4-5-12-28-21/h4-5,8,12,19-20,22H,6-7,9-11,13-18H2,1-3H3,(H,29,33)/t20-,22?/m0/s1. The van der Waals surface area contributed by atoms with Crippen LogP contribution in [0.4, 0.5) is 13.6 Å². The average Bonchev–Trinajstić information content (AvgIpc) is 2.81. The second-order valence-corrected chi connectivity index (χ2v) is 10.5. The number of rotatable bonds is 5. The lowest BCUT2D eigenvalue weighted by Crippen LogP contribution is -2.66. The van der Waals surface area contributed by atoms with E-state index in [1.807, 2.05) is 25.1 Å². The highest BCUT2D eigenvalue weighted by atomic mass is 19.3. The van der Waals surface area contributed by atoms with E-state index >= 15 is 8.78 Å². The summed E-state index contributed by atoms with van der Waals surface area (Å²) in [6, 6.07) is 4.10. The Labute approximate surface area is 201 Å². The maximum Gasteiger partial charge on any atom is 0.317 e. The van der Waals surface area contributed by atoms with Crippen molar-refractivity contribution in [3.8, 4) is 5.88 Å². The zero-order chi connectivity index (χ0) is 24.3. The molecule has 3 heterocycles. The Morgan fingerprint density at radius 3 is 2.44 bits per heavy atom. The summed E-state index contributed by atoms with van der Waals surface area (Å²) in [5.41, 5.74) is -0.432. The van der Waals surface area contributed by atoms with E-state index in [-0.39, 0.29) is 12.5 Å². The van der Waals surface area contributed by atoms with Crippen LogP contribution >= 0.6 is 0 Å². The molecule has 2 atom stereocenters. The first-order chi connectivity index (χ1) is 16.2. The van der Waals surface area contributed by atoms with Gasteiger partial charge in [-0.15, -0.1) is 0 Å². The normalized spacial score (nSPS) is 28.0. The van der Waals surface area contributed by atoms with Crippen LogP contribution in [0.15, 0.2) is 24.4 Å². The van der Waals surface area contributed by atoms with Crippen LogP contribution in [0.5, 0.6) is 5.88 Å². The molecule has 2 saturated heterocycles. The van der Waals surface area contributed by atoms with Crippen LogP contribution in [-0.4, -0.2) is 94.6 Å². The summed E-state index contributed by atoms with van der Waals surface area (Å²) in [5.74, 6) is -2.34. The van der Waals surface area contributed by atoms with Gasteiger partial charge in [0.2, 0.25) is 5.88 Å². The van der Waals surface area contributed by atoms with Gasteiger partial charge < -0.3 is 15.0 Å². The smallest absolute Gasteiger partial charge is 0.317 e. The van der Waals surface area contributed by atoms with Crippen molar-refractivity contribution in [1.82, 2.24) is 25.0 Å². The predicted octanol–water partition coefficient (Wildman–Crippen LogP) is 3.61. The van der Waals surface area contributed by atoms with Crippen LogP contribution < -0.4 is 10.1 Å². The molecule has 2 aliphatic heterocycles. The second-order valence-electron chi connectivity index (χ2n) is 10.5. The molecule has 1 aromatic heterocycles. The second kappa shape index (κ2) is 10.3. The molecule has 3 aliphatic rings. The first kappa shape index (κ1) is 25.1. The van der Waals surface area contributed by atoms with E-state index in [0.717, 1.165) is 26.2 Å². The molecule has 1 N–H and O–H groups in total. The van der Waals surface area contributed by atoms with Gasteiger partial charge >= 0.3 is 6.03 Å². The van der Waals surface area contributed by atoms with Crippen molar-refractivity contribution in [2.45, 2.75) is 82.5 Å². The van der Waals surface area contributed by atoms with E-state index < -0.39 is 23.6 Å². The fourth-order valence-corrected chi connectivity index (χ4v) is 5.50. The summed E-state index contributed by atoms with van der Waals surface area (Å²) in [6.45, 7) is 10.5. The number of ether oxygens (including phenoxy) is 1. The van der Waals surface area contributed by atoms with Crippen LogP contribution in [0.3, 0.4) is 0 Å². The Bertz CT molecular complexity index is 809. The van der Waals surface area contributed by atoms with Gasteiger partial charge in [0.15, 0.2) is 0 Å². The maximum absolute atomic E-state index is 15.1. The Morgan fingerprint density at radius 2 is 1.82 bits per heavy atom. The van der Waals surface area contributed by atoms with E-state index in [0.29, 0.717) is 50.7 Å². The molecule has 0 spiro atoms. The molecule has 34 heavy (non-hydrogen) atoms. The summed E-state index contributed by atoms with van der Waals surface area (Å²) >= 11 is 0. The van der Waals surface area contributed by atoms with Gasteiger partial charge in [0.05, 0.1) is 0 Å². The number of likely N-dealkylation sites (tertiary alicyclic amines) is 1. The zero-order valence-corrected chi connectivity index (χ0v) is 20.7. The van der Waals surface area contributed by atoms with Gasteiger partial charge in [-0.2, -0.15) is 0 Å². The van der Waals surface area contributed by atoms with Gasteiger partial charge in [-0.1, -0.05) is 6.07 Å². The Kier molecular flexibility index (Phi) is 7.62.